The SMILES string of the molecule is CC1CCN(C2Cc3cc(O)cc(O)c3C2)C1.CCC(C(C)=O)C(C)(C)C(C)=O.Cc1ccc(O)c(O)c1. The van der Waals surface area contributed by atoms with Crippen LogP contribution in [-0.2, 0) is 22.4 Å². The molecule has 1 saturated heterocycles. The molecule has 1 fully saturated rings. The molecule has 38 heavy (non-hydrogen) atoms. The smallest absolute Gasteiger partial charge is 0.157 e. The largest absolute Gasteiger partial charge is 0.508 e. The van der Waals surface area contributed by atoms with E-state index in [0.717, 1.165) is 41.9 Å². The number of rotatable bonds is 5. The van der Waals surface area contributed by atoms with Gasteiger partial charge in [0.05, 0.1) is 0 Å². The Morgan fingerprint density at radius 2 is 1.66 bits per heavy atom. The Bertz CT molecular complexity index is 1130. The lowest BCUT2D eigenvalue weighted by molar-refractivity contribution is -0.135. The van der Waals surface area contributed by atoms with Crippen molar-refractivity contribution >= 4 is 11.6 Å². The van der Waals surface area contributed by atoms with E-state index >= 15 is 0 Å². The molecule has 210 valence electrons. The predicted molar refractivity (Wildman–Crippen MR) is 150 cm³/mol. The second kappa shape index (κ2) is 13.1. The van der Waals surface area contributed by atoms with Gasteiger partial charge in [0.2, 0.25) is 0 Å². The summed E-state index contributed by atoms with van der Waals surface area (Å²) < 4.78 is 0. The monoisotopic (exact) mass is 527 g/mol. The van der Waals surface area contributed by atoms with Gasteiger partial charge in [-0.2, -0.15) is 0 Å². The predicted octanol–water partition coefficient (Wildman–Crippen LogP) is 5.53. The molecule has 0 radical (unpaired) electrons. The van der Waals surface area contributed by atoms with Crippen LogP contribution in [0, 0.1) is 24.2 Å². The van der Waals surface area contributed by atoms with Crippen molar-refractivity contribution in [2.75, 3.05) is 13.1 Å². The van der Waals surface area contributed by atoms with Crippen molar-refractivity contribution in [2.45, 2.75) is 80.2 Å². The number of carbonyl (C=O) groups is 2. The Kier molecular flexibility index (Phi) is 10.8. The average Bonchev–Trinajstić information content (AvgIpc) is 3.43. The Hall–Kier alpha value is -3.06. The summed E-state index contributed by atoms with van der Waals surface area (Å²) in [5.74, 6) is 1.17. The number of benzene rings is 2. The van der Waals surface area contributed by atoms with Crippen LogP contribution < -0.4 is 0 Å². The van der Waals surface area contributed by atoms with Crippen LogP contribution >= 0.6 is 0 Å². The van der Waals surface area contributed by atoms with Crippen LogP contribution in [0.1, 0.15) is 71.1 Å². The zero-order chi connectivity index (χ0) is 28.8. The van der Waals surface area contributed by atoms with Crippen molar-refractivity contribution in [3.8, 4) is 23.0 Å². The van der Waals surface area contributed by atoms with Crippen molar-refractivity contribution in [3.05, 3.63) is 47.0 Å². The van der Waals surface area contributed by atoms with Crippen LogP contribution in [0.5, 0.6) is 23.0 Å². The quantitative estimate of drug-likeness (QED) is 0.378. The molecule has 1 heterocycles. The third-order valence-corrected chi connectivity index (χ3v) is 7.98. The average molecular weight is 528 g/mol. The molecule has 2 aliphatic rings. The van der Waals surface area contributed by atoms with E-state index in [0.29, 0.717) is 6.04 Å². The summed E-state index contributed by atoms with van der Waals surface area (Å²) in [6, 6.07) is 8.47. The summed E-state index contributed by atoms with van der Waals surface area (Å²) in [6.07, 6.45) is 3.91. The molecule has 7 heteroatoms. The fourth-order valence-corrected chi connectivity index (χ4v) is 5.42. The van der Waals surface area contributed by atoms with Crippen LogP contribution in [0.4, 0.5) is 0 Å². The maximum absolute atomic E-state index is 11.2. The van der Waals surface area contributed by atoms with Crippen LogP contribution in [0.25, 0.3) is 0 Å². The molecule has 0 saturated carbocycles. The number of phenols is 4. The minimum absolute atomic E-state index is 0.0602. The van der Waals surface area contributed by atoms with E-state index in [4.69, 9.17) is 10.2 Å². The number of carbonyl (C=O) groups excluding carboxylic acids is 2. The Balaban J connectivity index is 0.000000213. The van der Waals surface area contributed by atoms with Gasteiger partial charge in [-0.15, -0.1) is 0 Å². The molecule has 0 bridgehead atoms. The minimum Gasteiger partial charge on any atom is -0.508 e. The van der Waals surface area contributed by atoms with Crippen molar-refractivity contribution in [1.29, 1.82) is 0 Å². The number of Topliss-reactive ketones (excluding diaryl/α,β-unsaturated/α-hetero) is 2. The molecule has 0 amide bonds. The number of phenolic OH excluding ortho intramolecular Hbond substituents is 4. The molecule has 2 aromatic carbocycles. The van der Waals surface area contributed by atoms with Crippen molar-refractivity contribution in [2.24, 2.45) is 17.3 Å². The first-order valence-corrected chi connectivity index (χ1v) is 13.4. The van der Waals surface area contributed by atoms with Gasteiger partial charge in [-0.25, -0.2) is 0 Å². The molecule has 4 N–H and O–H groups in total. The highest BCUT2D eigenvalue weighted by Gasteiger charge is 2.35. The number of ketones is 2. The van der Waals surface area contributed by atoms with E-state index in [1.165, 1.54) is 37.7 Å². The topological polar surface area (TPSA) is 118 Å². The highest BCUT2D eigenvalue weighted by Crippen LogP contribution is 2.36. The lowest BCUT2D eigenvalue weighted by Crippen LogP contribution is -2.35. The summed E-state index contributed by atoms with van der Waals surface area (Å²) >= 11 is 0. The van der Waals surface area contributed by atoms with Gasteiger partial charge in [0.25, 0.3) is 0 Å². The van der Waals surface area contributed by atoms with Crippen molar-refractivity contribution in [1.82, 2.24) is 4.90 Å². The Labute approximate surface area is 227 Å². The van der Waals surface area contributed by atoms with E-state index in [1.807, 2.05) is 27.7 Å². The third kappa shape index (κ3) is 7.97. The summed E-state index contributed by atoms with van der Waals surface area (Å²) in [6.45, 7) is 15.2. The minimum atomic E-state index is -0.499. The number of fused-ring (bicyclic) bond motifs is 1. The Morgan fingerprint density at radius 3 is 2.11 bits per heavy atom. The molecular formula is C31H45NO6. The maximum Gasteiger partial charge on any atom is 0.157 e. The van der Waals surface area contributed by atoms with Gasteiger partial charge in [-0.3, -0.25) is 14.5 Å². The van der Waals surface area contributed by atoms with E-state index < -0.39 is 5.41 Å². The molecule has 0 spiro atoms. The Morgan fingerprint density at radius 1 is 1.00 bits per heavy atom. The molecule has 1 aliphatic carbocycles. The van der Waals surface area contributed by atoms with E-state index in [9.17, 15) is 19.8 Å². The first-order chi connectivity index (χ1) is 17.7. The zero-order valence-electron chi connectivity index (χ0n) is 23.9. The second-order valence-corrected chi connectivity index (χ2v) is 11.4. The van der Waals surface area contributed by atoms with Gasteiger partial charge in [-0.05, 0) is 93.8 Å². The summed E-state index contributed by atoms with van der Waals surface area (Å²) in [7, 11) is 0. The molecule has 4 rings (SSSR count). The highest BCUT2D eigenvalue weighted by atomic mass is 16.3. The molecule has 0 aromatic heterocycles. The molecule has 2 aromatic rings. The number of aromatic hydroxyl groups is 4. The lowest BCUT2D eigenvalue weighted by atomic mass is 9.73. The van der Waals surface area contributed by atoms with Gasteiger partial charge >= 0.3 is 0 Å². The third-order valence-electron chi connectivity index (χ3n) is 7.98. The lowest BCUT2D eigenvalue weighted by Gasteiger charge is -2.29. The van der Waals surface area contributed by atoms with Crippen LogP contribution in [0.15, 0.2) is 30.3 Å². The molecular weight excluding hydrogens is 482 g/mol. The number of hydrogen-bond donors (Lipinski definition) is 4. The van der Waals surface area contributed by atoms with E-state index in [1.54, 1.807) is 26.0 Å². The van der Waals surface area contributed by atoms with E-state index in [-0.39, 0.29) is 40.5 Å². The fraction of sp³-hybridized carbons (Fsp3) is 0.548. The fourth-order valence-electron chi connectivity index (χ4n) is 5.42. The van der Waals surface area contributed by atoms with Crippen LogP contribution in [0.3, 0.4) is 0 Å². The van der Waals surface area contributed by atoms with Crippen LogP contribution in [0.2, 0.25) is 0 Å². The normalized spacial score (nSPS) is 19.4. The van der Waals surface area contributed by atoms with Gasteiger partial charge in [0, 0.05) is 30.0 Å². The molecule has 3 unspecified atom stereocenters. The van der Waals surface area contributed by atoms with Crippen LogP contribution in [-0.4, -0.2) is 56.0 Å². The molecule has 3 atom stereocenters. The van der Waals surface area contributed by atoms with Gasteiger partial charge in [0.15, 0.2) is 11.5 Å². The maximum atomic E-state index is 11.2. The van der Waals surface area contributed by atoms with E-state index in [2.05, 4.69) is 11.8 Å². The molecule has 7 nitrogen and oxygen atoms in total. The first kappa shape index (κ1) is 31.2. The van der Waals surface area contributed by atoms with Crippen molar-refractivity contribution in [3.63, 3.8) is 0 Å². The number of nitrogens with zero attached hydrogens (tertiary/aromatic N) is 1. The highest BCUT2D eigenvalue weighted by molar-refractivity contribution is 5.89. The molecule has 1 aliphatic heterocycles. The standard InChI is InChI=1S/C14H19NO2.C10H18O2.C7H8O2/c1-9-2-3-15(8-9)11-4-10-5-12(16)7-14(17)13(10)6-11;1-6-9(7(2)11)10(4,5)8(3)12;1-5-2-3-6(8)7(9)4-5/h5,7,9,11,16-17H,2-4,6,8H2,1H3;9H,6H2,1-5H3;2-4,8-9H,1H3. The van der Waals surface area contributed by atoms with Gasteiger partial charge in [0.1, 0.15) is 23.1 Å². The summed E-state index contributed by atoms with van der Waals surface area (Å²) in [4.78, 5) is 24.9. The number of hydrogen-bond acceptors (Lipinski definition) is 7. The number of likely N-dealkylation sites (tertiary alicyclic amines) is 1. The second-order valence-electron chi connectivity index (χ2n) is 11.4. The summed E-state index contributed by atoms with van der Waals surface area (Å²) in [5.41, 5.74) is 2.59. The van der Waals surface area contributed by atoms with Gasteiger partial charge < -0.3 is 20.4 Å². The number of aryl methyl sites for hydroxylation is 1. The van der Waals surface area contributed by atoms with Crippen molar-refractivity contribution < 1.29 is 30.0 Å². The summed E-state index contributed by atoms with van der Waals surface area (Å²) in [5, 5.41) is 37.0. The van der Waals surface area contributed by atoms with Gasteiger partial charge in [-0.1, -0.05) is 33.8 Å². The zero-order valence-corrected chi connectivity index (χ0v) is 23.9. The first-order valence-electron chi connectivity index (χ1n) is 13.4.